The number of para-hydroxylation sites is 1. The van der Waals surface area contributed by atoms with Crippen molar-refractivity contribution in [3.8, 4) is 0 Å². The molecule has 6 amide bonds. The van der Waals surface area contributed by atoms with E-state index in [1.165, 1.54) is 23.1 Å². The van der Waals surface area contributed by atoms with E-state index in [4.69, 9.17) is 4.74 Å². The standard InChI is InChI=1S/C57H71F3N10O7.3ClH/c1-8-33(2)50(65-53(73)36(5)61-7)55(75)69-28-39-15-18-41(24-43(39)52(69)54(74)66-51-45(59)10-9-11-46(51)60)64-48(71)26-63-56(76)57(6)32-70(47-23-38(14-19-44(47)57)22-37-12-16-40(58)17-13-37)49(72)30-68-27-34(3)62-25-42(68)29-67-20-21-77-31-35(67)4;;;/h9-19,23-24,33-36,42,50,52,61-62H,8,20-22,25-32H2,1-7H3,(H,63,76)(H,64,71)(H,65,73)(H,66,74);3*1H/t33-,34+,35+,36-,42+,50-,52-,57?;;;/m0.../s1. The van der Waals surface area contributed by atoms with Gasteiger partial charge in [0.25, 0.3) is 5.91 Å². The smallest absolute Gasteiger partial charge is 0.252 e. The molecule has 17 nitrogen and oxygen atoms in total. The van der Waals surface area contributed by atoms with E-state index < -0.39 is 76.9 Å². The highest BCUT2D eigenvalue weighted by Crippen LogP contribution is 2.43. The number of hydrogen-bond donors (Lipinski definition) is 6. The average molecular weight is 1170 g/mol. The Morgan fingerprint density at radius 3 is 2.25 bits per heavy atom. The lowest BCUT2D eigenvalue weighted by atomic mass is 9.83. The summed E-state index contributed by atoms with van der Waals surface area (Å²) < 4.78 is 49.5. The summed E-state index contributed by atoms with van der Waals surface area (Å²) in [6.45, 7) is 15.0. The third kappa shape index (κ3) is 14.6. The number of likely N-dealkylation sites (N-methyl/N-ethyl adjacent to an activating group) is 1. The molecule has 0 spiro atoms. The topological polar surface area (TPSA) is 197 Å². The minimum absolute atomic E-state index is 0. The van der Waals surface area contributed by atoms with Crippen LogP contribution >= 0.6 is 37.2 Å². The van der Waals surface area contributed by atoms with Crippen LogP contribution in [0.5, 0.6) is 0 Å². The maximum absolute atomic E-state index is 15.0. The zero-order valence-electron chi connectivity index (χ0n) is 46.0. The van der Waals surface area contributed by atoms with Crippen molar-refractivity contribution in [2.24, 2.45) is 5.92 Å². The molecular weight excluding hydrogens is 1100 g/mol. The minimum atomic E-state index is -1.45. The molecule has 6 N–H and O–H groups in total. The van der Waals surface area contributed by atoms with Crippen LogP contribution in [-0.4, -0.2) is 146 Å². The van der Waals surface area contributed by atoms with Crippen LogP contribution in [0.1, 0.15) is 81.8 Å². The van der Waals surface area contributed by atoms with Gasteiger partial charge in [-0.25, -0.2) is 13.2 Å². The second-order valence-corrected chi connectivity index (χ2v) is 21.3. The number of fused-ring (bicyclic) bond motifs is 2. The molecule has 1 unspecified atom stereocenters. The molecule has 0 radical (unpaired) electrons. The molecule has 8 rings (SSSR count). The van der Waals surface area contributed by atoms with Crippen molar-refractivity contribution in [1.29, 1.82) is 0 Å². The molecule has 2 saturated heterocycles. The Labute approximate surface area is 484 Å². The van der Waals surface area contributed by atoms with Gasteiger partial charge >= 0.3 is 0 Å². The zero-order valence-corrected chi connectivity index (χ0v) is 48.5. The van der Waals surface area contributed by atoms with Gasteiger partial charge in [-0.3, -0.25) is 38.6 Å². The fourth-order valence-corrected chi connectivity index (χ4v) is 10.7. The second kappa shape index (κ2) is 28.2. The van der Waals surface area contributed by atoms with Crippen molar-refractivity contribution in [1.82, 2.24) is 36.0 Å². The molecular formula is C57H74Cl3F3N10O7. The van der Waals surface area contributed by atoms with Crippen LogP contribution in [0.2, 0.25) is 0 Å². The molecule has 4 aromatic rings. The van der Waals surface area contributed by atoms with Crippen LogP contribution in [0.15, 0.2) is 78.9 Å². The molecule has 4 heterocycles. The van der Waals surface area contributed by atoms with Crippen molar-refractivity contribution < 1.29 is 46.7 Å². The number of morpholine rings is 1. The molecule has 23 heteroatoms. The third-order valence-electron chi connectivity index (χ3n) is 15.7. The summed E-state index contributed by atoms with van der Waals surface area (Å²) in [4.78, 5) is 92.6. The lowest BCUT2D eigenvalue weighted by molar-refractivity contribution is -0.143. The van der Waals surface area contributed by atoms with Crippen molar-refractivity contribution in [3.63, 3.8) is 0 Å². The normalized spacial score (nSPS) is 21.7. The van der Waals surface area contributed by atoms with E-state index in [-0.39, 0.29) is 104 Å². The summed E-state index contributed by atoms with van der Waals surface area (Å²) in [5.74, 6) is -6.07. The lowest BCUT2D eigenvalue weighted by Gasteiger charge is -2.43. The van der Waals surface area contributed by atoms with Crippen molar-refractivity contribution in [2.45, 2.75) is 103 Å². The highest BCUT2D eigenvalue weighted by molar-refractivity contribution is 6.05. The van der Waals surface area contributed by atoms with Gasteiger partial charge in [-0.1, -0.05) is 56.7 Å². The molecule has 0 saturated carbocycles. The van der Waals surface area contributed by atoms with Gasteiger partial charge in [-0.05, 0) is 117 Å². The molecule has 436 valence electrons. The molecule has 0 aromatic heterocycles. The number of hydrogen-bond acceptors (Lipinski definition) is 11. The summed E-state index contributed by atoms with van der Waals surface area (Å²) in [5, 5.41) is 17.2. The number of benzene rings is 4. The van der Waals surface area contributed by atoms with Crippen LogP contribution < -0.4 is 36.8 Å². The highest BCUT2D eigenvalue weighted by atomic mass is 35.5. The van der Waals surface area contributed by atoms with Gasteiger partial charge in [0.05, 0.1) is 37.8 Å². The van der Waals surface area contributed by atoms with Gasteiger partial charge in [-0.15, -0.1) is 37.2 Å². The number of rotatable bonds is 18. The number of carbonyl (C=O) groups is 6. The van der Waals surface area contributed by atoms with Gasteiger partial charge < -0.3 is 46.4 Å². The third-order valence-corrected chi connectivity index (χ3v) is 15.7. The fourth-order valence-electron chi connectivity index (χ4n) is 10.7. The van der Waals surface area contributed by atoms with Crippen LogP contribution in [0.4, 0.5) is 30.2 Å². The van der Waals surface area contributed by atoms with Crippen molar-refractivity contribution in [2.75, 3.05) is 81.6 Å². The van der Waals surface area contributed by atoms with E-state index in [9.17, 15) is 41.9 Å². The van der Waals surface area contributed by atoms with Gasteiger partial charge in [0.1, 0.15) is 35.2 Å². The Morgan fingerprint density at radius 2 is 1.57 bits per heavy atom. The van der Waals surface area contributed by atoms with E-state index in [0.717, 1.165) is 42.4 Å². The predicted molar refractivity (Wildman–Crippen MR) is 308 cm³/mol. The zero-order chi connectivity index (χ0) is 55.3. The Hall–Kier alpha value is -5.84. The number of amides is 6. The molecule has 4 aliphatic heterocycles. The van der Waals surface area contributed by atoms with Gasteiger partial charge in [0.15, 0.2) is 0 Å². The van der Waals surface area contributed by atoms with Crippen LogP contribution in [0.25, 0.3) is 0 Å². The maximum Gasteiger partial charge on any atom is 0.252 e. The van der Waals surface area contributed by atoms with Crippen molar-refractivity contribution in [3.05, 3.63) is 124 Å². The number of halogens is 6. The quantitative estimate of drug-likeness (QED) is 0.0699. The number of piperazine rings is 1. The predicted octanol–water partition coefficient (Wildman–Crippen LogP) is 5.86. The van der Waals surface area contributed by atoms with Crippen LogP contribution in [0.3, 0.4) is 0 Å². The largest absolute Gasteiger partial charge is 0.379 e. The summed E-state index contributed by atoms with van der Waals surface area (Å²) >= 11 is 0. The summed E-state index contributed by atoms with van der Waals surface area (Å²) in [5.41, 5.74) is 1.88. The van der Waals surface area contributed by atoms with Crippen molar-refractivity contribution >= 4 is 89.7 Å². The number of nitrogens with zero attached hydrogens (tertiary/aromatic N) is 4. The number of carbonyl (C=O) groups excluding carboxylic acids is 6. The first-order valence-corrected chi connectivity index (χ1v) is 26.5. The molecule has 8 atom stereocenters. The van der Waals surface area contributed by atoms with Gasteiger partial charge in [-0.2, -0.15) is 0 Å². The van der Waals surface area contributed by atoms with E-state index in [0.29, 0.717) is 56.0 Å². The molecule has 4 aromatic carbocycles. The van der Waals surface area contributed by atoms with Crippen LogP contribution in [0, 0.1) is 23.4 Å². The number of anilines is 3. The monoisotopic (exact) mass is 1170 g/mol. The maximum atomic E-state index is 15.0. The Bertz CT molecular complexity index is 2860. The molecule has 80 heavy (non-hydrogen) atoms. The van der Waals surface area contributed by atoms with E-state index >= 15 is 0 Å². The summed E-state index contributed by atoms with van der Waals surface area (Å²) in [7, 11) is 1.60. The number of nitrogens with one attached hydrogen (secondary N) is 6. The van der Waals surface area contributed by atoms with E-state index in [2.05, 4.69) is 55.5 Å². The molecule has 2 fully saturated rings. The Morgan fingerprint density at radius 1 is 0.875 bits per heavy atom. The first-order chi connectivity index (χ1) is 36.8. The minimum Gasteiger partial charge on any atom is -0.379 e. The van der Waals surface area contributed by atoms with Gasteiger partial charge in [0, 0.05) is 68.8 Å². The fraction of sp³-hybridized carbons (Fsp3) is 0.474. The summed E-state index contributed by atoms with van der Waals surface area (Å²) in [6, 6.07) is 16.9. The Balaban J connectivity index is 0.00000392. The number of ether oxygens (including phenoxy) is 1. The van der Waals surface area contributed by atoms with Crippen LogP contribution in [-0.2, 0) is 51.9 Å². The van der Waals surface area contributed by atoms with Gasteiger partial charge in [0.2, 0.25) is 29.5 Å². The first-order valence-electron chi connectivity index (χ1n) is 26.5. The summed E-state index contributed by atoms with van der Waals surface area (Å²) in [6.07, 6.45) is 0.941. The Kier molecular flexibility index (Phi) is 22.9. The second-order valence-electron chi connectivity index (χ2n) is 21.3. The lowest BCUT2D eigenvalue weighted by Crippen LogP contribution is -2.62. The highest BCUT2D eigenvalue weighted by Gasteiger charge is 2.48. The molecule has 4 aliphatic rings. The van der Waals surface area contributed by atoms with E-state index in [1.807, 2.05) is 25.1 Å². The molecule has 0 aliphatic carbocycles. The van der Waals surface area contributed by atoms with E-state index in [1.54, 1.807) is 57.0 Å². The average Bonchev–Trinajstić information content (AvgIpc) is 4.07. The molecule has 0 bridgehead atoms. The first kappa shape index (κ1) is 65.0. The SMILES string of the molecule is CC[C@H](C)[C@H](NC(=O)[C@H](C)NC)C(=O)N1Cc2ccc(NC(=O)CNC(=O)C3(C)CN(C(=O)CN4C[C@@H](C)NC[C@@H]4CN4CCOC[C@H]4C)c4cc(Cc5ccc(F)cc5)ccc43)cc2[C@H]1C(=O)Nc1c(F)cccc1F.Cl.Cl.Cl.